The minimum atomic E-state index is 0.183. The molecular weight excluding hydrogens is 294 g/mol. The lowest BCUT2D eigenvalue weighted by Gasteiger charge is -2.31. The Labute approximate surface area is 115 Å². The number of likely N-dealkylation sites (tertiary alicyclic amines) is 1. The molecule has 5 heteroatoms. The van der Waals surface area contributed by atoms with Crippen LogP contribution < -0.4 is 5.32 Å². The summed E-state index contributed by atoms with van der Waals surface area (Å²) in [7, 11) is 1.81. The van der Waals surface area contributed by atoms with Crippen molar-refractivity contribution < 1.29 is 4.79 Å². The fraction of sp³-hybridized carbons (Fsp3) is 0.385. The summed E-state index contributed by atoms with van der Waals surface area (Å²) in [6.45, 7) is 0.677. The van der Waals surface area contributed by atoms with E-state index in [0.717, 1.165) is 16.6 Å². The highest BCUT2D eigenvalue weighted by molar-refractivity contribution is 9.10. The second kappa shape index (κ2) is 5.40. The smallest absolute Gasteiger partial charge is 0.222 e. The van der Waals surface area contributed by atoms with Gasteiger partial charge in [0.1, 0.15) is 6.07 Å². The van der Waals surface area contributed by atoms with Crippen LogP contribution in [0.4, 0.5) is 5.69 Å². The van der Waals surface area contributed by atoms with Gasteiger partial charge in [-0.15, -0.1) is 0 Å². The van der Waals surface area contributed by atoms with Crippen molar-refractivity contribution in [2.45, 2.75) is 18.9 Å². The summed E-state index contributed by atoms with van der Waals surface area (Å²) >= 11 is 3.40. The molecule has 1 N–H and O–H groups in total. The molecule has 1 heterocycles. The number of likely N-dealkylation sites (N-methyl/N-ethyl adjacent to an activating group) is 1. The van der Waals surface area contributed by atoms with Crippen molar-refractivity contribution in [3.05, 3.63) is 28.2 Å². The van der Waals surface area contributed by atoms with Crippen LogP contribution in [0, 0.1) is 11.3 Å². The maximum Gasteiger partial charge on any atom is 0.222 e. The summed E-state index contributed by atoms with van der Waals surface area (Å²) in [4.78, 5) is 13.1. The molecule has 0 saturated carbocycles. The van der Waals surface area contributed by atoms with E-state index in [0.29, 0.717) is 18.5 Å². The summed E-state index contributed by atoms with van der Waals surface area (Å²) < 4.78 is 0.934. The van der Waals surface area contributed by atoms with E-state index in [-0.39, 0.29) is 11.9 Å². The fourth-order valence-electron chi connectivity index (χ4n) is 2.08. The SMILES string of the molecule is CN1CC(Nc2cc(Br)ccc2C#N)CCC1=O. The molecule has 4 nitrogen and oxygen atoms in total. The highest BCUT2D eigenvalue weighted by Gasteiger charge is 2.23. The van der Waals surface area contributed by atoms with Crippen molar-refractivity contribution in [3.63, 3.8) is 0 Å². The number of rotatable bonds is 2. The number of halogens is 1. The predicted molar refractivity (Wildman–Crippen MR) is 73.1 cm³/mol. The molecule has 0 spiro atoms. The van der Waals surface area contributed by atoms with Gasteiger partial charge in [-0.05, 0) is 24.6 Å². The zero-order valence-electron chi connectivity index (χ0n) is 10.1. The molecule has 1 aromatic carbocycles. The molecule has 1 amide bonds. The summed E-state index contributed by atoms with van der Waals surface area (Å²) in [6.07, 6.45) is 1.37. The monoisotopic (exact) mass is 307 g/mol. The Morgan fingerprint density at radius 2 is 2.33 bits per heavy atom. The van der Waals surface area contributed by atoms with Gasteiger partial charge in [-0.25, -0.2) is 0 Å². The van der Waals surface area contributed by atoms with Crippen LogP contribution in [0.5, 0.6) is 0 Å². The lowest BCUT2D eigenvalue weighted by Crippen LogP contribution is -2.43. The van der Waals surface area contributed by atoms with E-state index >= 15 is 0 Å². The number of hydrogen-bond donors (Lipinski definition) is 1. The van der Waals surface area contributed by atoms with Crippen molar-refractivity contribution >= 4 is 27.5 Å². The van der Waals surface area contributed by atoms with Crippen molar-refractivity contribution in [1.29, 1.82) is 5.26 Å². The van der Waals surface area contributed by atoms with Crippen LogP contribution in [0.2, 0.25) is 0 Å². The summed E-state index contributed by atoms with van der Waals surface area (Å²) in [5.41, 5.74) is 1.44. The molecule has 1 aromatic rings. The first-order chi connectivity index (χ1) is 8.60. The number of anilines is 1. The number of nitriles is 1. The van der Waals surface area contributed by atoms with Gasteiger partial charge in [-0.2, -0.15) is 5.26 Å². The molecule has 1 unspecified atom stereocenters. The van der Waals surface area contributed by atoms with Crippen LogP contribution in [0.15, 0.2) is 22.7 Å². The minimum absolute atomic E-state index is 0.183. The first kappa shape index (κ1) is 12.9. The Bertz CT molecular complexity index is 509. The van der Waals surface area contributed by atoms with Gasteiger partial charge in [-0.3, -0.25) is 4.79 Å². The molecule has 2 rings (SSSR count). The summed E-state index contributed by atoms with van der Waals surface area (Å²) in [5.74, 6) is 0.183. The van der Waals surface area contributed by atoms with E-state index in [1.165, 1.54) is 0 Å². The normalized spacial score (nSPS) is 19.5. The number of piperidine rings is 1. The molecule has 0 aliphatic carbocycles. The fourth-order valence-corrected chi connectivity index (χ4v) is 2.44. The first-order valence-electron chi connectivity index (χ1n) is 5.80. The molecule has 1 atom stereocenters. The number of amides is 1. The average molecular weight is 308 g/mol. The number of nitrogens with one attached hydrogen (secondary N) is 1. The lowest BCUT2D eigenvalue weighted by molar-refractivity contribution is -0.132. The van der Waals surface area contributed by atoms with Crippen LogP contribution in [0.3, 0.4) is 0 Å². The van der Waals surface area contributed by atoms with Crippen LogP contribution in [0.1, 0.15) is 18.4 Å². The van der Waals surface area contributed by atoms with Crippen molar-refractivity contribution in [3.8, 4) is 6.07 Å². The molecule has 1 aliphatic heterocycles. The van der Waals surface area contributed by atoms with Gasteiger partial charge in [0, 0.05) is 30.5 Å². The Morgan fingerprint density at radius 1 is 1.56 bits per heavy atom. The lowest BCUT2D eigenvalue weighted by atomic mass is 10.0. The minimum Gasteiger partial charge on any atom is -0.379 e. The Morgan fingerprint density at radius 3 is 3.00 bits per heavy atom. The maximum absolute atomic E-state index is 11.4. The van der Waals surface area contributed by atoms with Gasteiger partial charge >= 0.3 is 0 Å². The number of benzene rings is 1. The third-order valence-corrected chi connectivity index (χ3v) is 3.58. The number of hydrogen-bond acceptors (Lipinski definition) is 3. The largest absolute Gasteiger partial charge is 0.379 e. The highest BCUT2D eigenvalue weighted by atomic mass is 79.9. The van der Waals surface area contributed by atoms with Gasteiger partial charge in [0.25, 0.3) is 0 Å². The number of nitrogens with zero attached hydrogens (tertiary/aromatic N) is 2. The van der Waals surface area contributed by atoms with Crippen LogP contribution in [-0.4, -0.2) is 30.4 Å². The predicted octanol–water partition coefficient (Wildman–Crippen LogP) is 2.35. The van der Waals surface area contributed by atoms with Gasteiger partial charge in [0.15, 0.2) is 0 Å². The van der Waals surface area contributed by atoms with Crippen molar-refractivity contribution in [1.82, 2.24) is 4.90 Å². The first-order valence-corrected chi connectivity index (χ1v) is 6.59. The molecule has 0 bridgehead atoms. The zero-order valence-corrected chi connectivity index (χ0v) is 11.7. The molecule has 94 valence electrons. The Hall–Kier alpha value is -1.54. The average Bonchev–Trinajstić information content (AvgIpc) is 2.34. The van der Waals surface area contributed by atoms with E-state index in [1.54, 1.807) is 11.0 Å². The molecule has 1 fully saturated rings. The van der Waals surface area contributed by atoms with E-state index in [1.807, 2.05) is 19.2 Å². The quantitative estimate of drug-likeness (QED) is 0.912. The second-order valence-corrected chi connectivity index (χ2v) is 5.37. The van der Waals surface area contributed by atoms with E-state index in [2.05, 4.69) is 27.3 Å². The Kier molecular flexibility index (Phi) is 3.87. The number of carbonyl (C=O) groups is 1. The maximum atomic E-state index is 11.4. The Balaban J connectivity index is 2.12. The standard InChI is InChI=1S/C13H14BrN3O/c1-17-8-11(4-5-13(17)18)16-12-6-10(14)3-2-9(12)7-15/h2-3,6,11,16H,4-5,8H2,1H3. The highest BCUT2D eigenvalue weighted by Crippen LogP contribution is 2.23. The molecule has 1 aliphatic rings. The molecular formula is C13H14BrN3O. The van der Waals surface area contributed by atoms with Crippen LogP contribution in [0.25, 0.3) is 0 Å². The van der Waals surface area contributed by atoms with E-state index in [9.17, 15) is 4.79 Å². The van der Waals surface area contributed by atoms with E-state index in [4.69, 9.17) is 5.26 Å². The van der Waals surface area contributed by atoms with Crippen molar-refractivity contribution in [2.24, 2.45) is 0 Å². The zero-order chi connectivity index (χ0) is 13.1. The van der Waals surface area contributed by atoms with Gasteiger partial charge in [-0.1, -0.05) is 15.9 Å². The summed E-state index contributed by atoms with van der Waals surface area (Å²) in [6, 6.07) is 7.90. The third-order valence-electron chi connectivity index (χ3n) is 3.09. The van der Waals surface area contributed by atoms with Gasteiger partial charge in [0.2, 0.25) is 5.91 Å². The molecule has 0 radical (unpaired) electrons. The van der Waals surface area contributed by atoms with E-state index < -0.39 is 0 Å². The van der Waals surface area contributed by atoms with Gasteiger partial charge < -0.3 is 10.2 Å². The van der Waals surface area contributed by atoms with Crippen molar-refractivity contribution in [2.75, 3.05) is 18.9 Å². The van der Waals surface area contributed by atoms with Gasteiger partial charge in [0.05, 0.1) is 11.3 Å². The number of carbonyl (C=O) groups excluding carboxylic acids is 1. The second-order valence-electron chi connectivity index (χ2n) is 4.46. The molecule has 0 aromatic heterocycles. The summed E-state index contributed by atoms with van der Waals surface area (Å²) in [5, 5.41) is 12.4. The topological polar surface area (TPSA) is 56.1 Å². The third kappa shape index (κ3) is 2.82. The molecule has 1 saturated heterocycles. The molecule has 18 heavy (non-hydrogen) atoms. The van der Waals surface area contributed by atoms with Crippen LogP contribution >= 0.6 is 15.9 Å². The van der Waals surface area contributed by atoms with Crippen LogP contribution in [-0.2, 0) is 4.79 Å².